The van der Waals surface area contributed by atoms with Crippen LogP contribution in [0.1, 0.15) is 17.5 Å². The van der Waals surface area contributed by atoms with E-state index in [0.717, 1.165) is 5.56 Å². The highest BCUT2D eigenvalue weighted by molar-refractivity contribution is 7.89. The van der Waals surface area contributed by atoms with Gasteiger partial charge in [0.15, 0.2) is 0 Å². The maximum atomic E-state index is 12.7. The number of carbonyl (C=O) groups is 1. The van der Waals surface area contributed by atoms with E-state index in [1.165, 1.54) is 4.31 Å². The number of nitrogens with two attached hydrogens (primary N) is 1. The number of hydrogen-bond acceptors (Lipinski definition) is 4. The van der Waals surface area contributed by atoms with Crippen molar-refractivity contribution in [3.63, 3.8) is 0 Å². The van der Waals surface area contributed by atoms with Gasteiger partial charge in [0.05, 0.1) is 5.69 Å². The van der Waals surface area contributed by atoms with Crippen LogP contribution < -0.4 is 11.1 Å². The summed E-state index contributed by atoms with van der Waals surface area (Å²) in [5, 5.41) is 2.66. The minimum atomic E-state index is -3.68. The van der Waals surface area contributed by atoms with E-state index < -0.39 is 10.0 Å². The lowest BCUT2D eigenvalue weighted by atomic mass is 10.1. The molecular formula is C13H19N3O3S. The Hall–Kier alpha value is -1.60. The summed E-state index contributed by atoms with van der Waals surface area (Å²) in [6, 6.07) is 3.41. The Morgan fingerprint density at radius 2 is 1.95 bits per heavy atom. The second-order valence-corrected chi connectivity index (χ2v) is 6.80. The van der Waals surface area contributed by atoms with Crippen molar-refractivity contribution in [1.29, 1.82) is 0 Å². The average molecular weight is 297 g/mol. The third kappa shape index (κ3) is 2.64. The topological polar surface area (TPSA) is 92.5 Å². The van der Waals surface area contributed by atoms with Crippen molar-refractivity contribution in [2.24, 2.45) is 0 Å². The van der Waals surface area contributed by atoms with E-state index in [0.29, 0.717) is 12.1 Å². The summed E-state index contributed by atoms with van der Waals surface area (Å²) in [5.74, 6) is -0.128. The third-order valence-electron chi connectivity index (χ3n) is 3.58. The fourth-order valence-corrected chi connectivity index (χ4v) is 4.10. The van der Waals surface area contributed by atoms with E-state index in [2.05, 4.69) is 5.32 Å². The van der Waals surface area contributed by atoms with Crippen LogP contribution >= 0.6 is 0 Å². The number of anilines is 1. The van der Waals surface area contributed by atoms with Crippen LogP contribution in [0.15, 0.2) is 17.0 Å². The first-order valence-electron chi connectivity index (χ1n) is 6.46. The Labute approximate surface area is 119 Å². The molecule has 0 spiro atoms. The standard InChI is InChI=1S/C13H19N3O3S/c1-9-3-4-11(14)13(10(9)2)20(18,19)16-7-5-12(17)15-6-8-16/h3-4H,5-8,14H2,1-2H3,(H,15,17). The van der Waals surface area contributed by atoms with Gasteiger partial charge in [0.25, 0.3) is 0 Å². The molecule has 0 unspecified atom stereocenters. The maximum absolute atomic E-state index is 12.7. The molecule has 1 amide bonds. The van der Waals surface area contributed by atoms with Crippen molar-refractivity contribution in [3.05, 3.63) is 23.3 Å². The van der Waals surface area contributed by atoms with Gasteiger partial charge in [0.2, 0.25) is 15.9 Å². The number of nitrogens with zero attached hydrogens (tertiary/aromatic N) is 1. The Bertz CT molecular complexity index is 641. The van der Waals surface area contributed by atoms with E-state index in [1.54, 1.807) is 19.1 Å². The summed E-state index contributed by atoms with van der Waals surface area (Å²) < 4.78 is 26.8. The summed E-state index contributed by atoms with van der Waals surface area (Å²) in [6.45, 7) is 4.37. The highest BCUT2D eigenvalue weighted by Crippen LogP contribution is 2.28. The molecule has 1 aromatic carbocycles. The van der Waals surface area contributed by atoms with Gasteiger partial charge in [0.1, 0.15) is 4.90 Å². The molecule has 0 aliphatic carbocycles. The number of benzene rings is 1. The first-order chi connectivity index (χ1) is 9.34. The molecule has 3 N–H and O–H groups in total. The summed E-state index contributed by atoms with van der Waals surface area (Å²) in [7, 11) is -3.68. The second kappa shape index (κ2) is 5.41. The number of amides is 1. The maximum Gasteiger partial charge on any atom is 0.245 e. The zero-order valence-electron chi connectivity index (χ0n) is 11.6. The Kier molecular flexibility index (Phi) is 4.01. The summed E-state index contributed by atoms with van der Waals surface area (Å²) >= 11 is 0. The zero-order valence-corrected chi connectivity index (χ0v) is 12.5. The number of rotatable bonds is 2. The largest absolute Gasteiger partial charge is 0.398 e. The first kappa shape index (κ1) is 14.8. The van der Waals surface area contributed by atoms with Gasteiger partial charge in [-0.05, 0) is 31.0 Å². The van der Waals surface area contributed by atoms with Gasteiger partial charge in [-0.15, -0.1) is 0 Å². The highest BCUT2D eigenvalue weighted by Gasteiger charge is 2.30. The molecule has 1 heterocycles. The zero-order chi connectivity index (χ0) is 14.9. The molecule has 1 aliphatic heterocycles. The van der Waals surface area contributed by atoms with Crippen molar-refractivity contribution in [3.8, 4) is 0 Å². The molecule has 20 heavy (non-hydrogen) atoms. The van der Waals surface area contributed by atoms with Gasteiger partial charge in [-0.2, -0.15) is 4.31 Å². The predicted molar refractivity (Wildman–Crippen MR) is 76.7 cm³/mol. The fourth-order valence-electron chi connectivity index (χ4n) is 2.27. The van der Waals surface area contributed by atoms with Crippen molar-refractivity contribution >= 4 is 21.6 Å². The normalized spacial score (nSPS) is 17.6. The van der Waals surface area contributed by atoms with Crippen LogP contribution in [0, 0.1) is 13.8 Å². The minimum Gasteiger partial charge on any atom is -0.398 e. The van der Waals surface area contributed by atoms with Crippen LogP contribution in [0.2, 0.25) is 0 Å². The quantitative estimate of drug-likeness (QED) is 0.773. The van der Waals surface area contributed by atoms with Crippen LogP contribution in [-0.4, -0.2) is 38.3 Å². The molecule has 0 bridgehead atoms. The molecule has 6 nitrogen and oxygen atoms in total. The highest BCUT2D eigenvalue weighted by atomic mass is 32.2. The summed E-state index contributed by atoms with van der Waals surface area (Å²) in [5.41, 5.74) is 7.65. The van der Waals surface area contributed by atoms with Crippen LogP contribution in [0.4, 0.5) is 5.69 Å². The molecule has 0 radical (unpaired) electrons. The minimum absolute atomic E-state index is 0.128. The van der Waals surface area contributed by atoms with Gasteiger partial charge in [-0.3, -0.25) is 4.79 Å². The lowest BCUT2D eigenvalue weighted by Gasteiger charge is -2.22. The van der Waals surface area contributed by atoms with E-state index >= 15 is 0 Å². The van der Waals surface area contributed by atoms with E-state index in [1.807, 2.05) is 6.92 Å². The SMILES string of the molecule is Cc1ccc(N)c(S(=O)(=O)N2CCNC(=O)CC2)c1C. The van der Waals surface area contributed by atoms with Crippen molar-refractivity contribution < 1.29 is 13.2 Å². The second-order valence-electron chi connectivity index (χ2n) is 4.93. The third-order valence-corrected chi connectivity index (χ3v) is 5.68. The number of nitrogen functional groups attached to an aromatic ring is 1. The van der Waals surface area contributed by atoms with Gasteiger partial charge in [-0.25, -0.2) is 8.42 Å². The molecular weight excluding hydrogens is 278 g/mol. The molecule has 7 heteroatoms. The summed E-state index contributed by atoms with van der Waals surface area (Å²) in [4.78, 5) is 11.5. The number of aryl methyl sites for hydroxylation is 1. The van der Waals surface area contributed by atoms with Crippen LogP contribution in [0.25, 0.3) is 0 Å². The van der Waals surface area contributed by atoms with E-state index in [-0.39, 0.29) is 36.0 Å². The molecule has 2 rings (SSSR count). The van der Waals surface area contributed by atoms with Gasteiger partial charge >= 0.3 is 0 Å². The fraction of sp³-hybridized carbons (Fsp3) is 0.462. The van der Waals surface area contributed by atoms with Crippen LogP contribution in [0.3, 0.4) is 0 Å². The molecule has 1 fully saturated rings. The lowest BCUT2D eigenvalue weighted by molar-refractivity contribution is -0.120. The first-order valence-corrected chi connectivity index (χ1v) is 7.90. The molecule has 0 aromatic heterocycles. The van der Waals surface area contributed by atoms with Crippen LogP contribution in [-0.2, 0) is 14.8 Å². The number of carbonyl (C=O) groups excluding carboxylic acids is 1. The van der Waals surface area contributed by atoms with Crippen LogP contribution in [0.5, 0.6) is 0 Å². The Morgan fingerprint density at radius 1 is 1.25 bits per heavy atom. The van der Waals surface area contributed by atoms with E-state index in [4.69, 9.17) is 5.73 Å². The molecule has 1 aliphatic rings. The number of hydrogen-bond donors (Lipinski definition) is 2. The number of sulfonamides is 1. The lowest BCUT2D eigenvalue weighted by Crippen LogP contribution is -2.35. The van der Waals surface area contributed by atoms with Crippen molar-refractivity contribution in [1.82, 2.24) is 9.62 Å². The van der Waals surface area contributed by atoms with Crippen molar-refractivity contribution in [2.45, 2.75) is 25.2 Å². The van der Waals surface area contributed by atoms with Gasteiger partial charge in [0, 0.05) is 26.1 Å². The smallest absolute Gasteiger partial charge is 0.245 e. The molecule has 1 aromatic rings. The summed E-state index contributed by atoms with van der Waals surface area (Å²) in [6.07, 6.45) is 0.171. The number of nitrogens with one attached hydrogen (secondary N) is 1. The van der Waals surface area contributed by atoms with Crippen molar-refractivity contribution in [2.75, 3.05) is 25.4 Å². The molecule has 0 saturated carbocycles. The monoisotopic (exact) mass is 297 g/mol. The molecule has 0 atom stereocenters. The van der Waals surface area contributed by atoms with Gasteiger partial charge < -0.3 is 11.1 Å². The Balaban J connectivity index is 2.45. The predicted octanol–water partition coefficient (Wildman–Crippen LogP) is 0.396. The molecule has 1 saturated heterocycles. The average Bonchev–Trinajstić information content (AvgIpc) is 2.59. The Morgan fingerprint density at radius 3 is 2.65 bits per heavy atom. The van der Waals surface area contributed by atoms with Gasteiger partial charge in [-0.1, -0.05) is 6.07 Å². The van der Waals surface area contributed by atoms with E-state index in [9.17, 15) is 13.2 Å². The molecule has 110 valence electrons.